The van der Waals surface area contributed by atoms with Crippen LogP contribution >= 0.6 is 0 Å². The Labute approximate surface area is 119 Å². The lowest BCUT2D eigenvalue weighted by Gasteiger charge is -2.09. The minimum atomic E-state index is 0.855. The Morgan fingerprint density at radius 1 is 0.650 bits per heavy atom. The predicted molar refractivity (Wildman–Crippen MR) is 85.5 cm³/mol. The van der Waals surface area contributed by atoms with Gasteiger partial charge in [-0.3, -0.25) is 0 Å². The molecule has 1 heteroatoms. The van der Waals surface area contributed by atoms with Crippen LogP contribution in [0.2, 0.25) is 0 Å². The smallest absolute Gasteiger partial charge is 0.0350 e. The van der Waals surface area contributed by atoms with Crippen molar-refractivity contribution in [2.45, 2.75) is 6.42 Å². The zero-order valence-electron chi connectivity index (χ0n) is 11.3. The Morgan fingerprint density at radius 3 is 2.00 bits per heavy atom. The van der Waals surface area contributed by atoms with E-state index in [-0.39, 0.29) is 0 Å². The number of nitrogen functional groups attached to an aromatic ring is 1. The summed E-state index contributed by atoms with van der Waals surface area (Å²) < 4.78 is 0. The molecule has 0 radical (unpaired) electrons. The third kappa shape index (κ3) is 2.72. The minimum Gasteiger partial charge on any atom is -0.398 e. The van der Waals surface area contributed by atoms with Crippen LogP contribution in [-0.2, 0) is 6.42 Å². The van der Waals surface area contributed by atoms with Gasteiger partial charge in [0.15, 0.2) is 0 Å². The Hall–Kier alpha value is -2.54. The van der Waals surface area contributed by atoms with Gasteiger partial charge in [0.25, 0.3) is 0 Å². The summed E-state index contributed by atoms with van der Waals surface area (Å²) >= 11 is 0. The Balaban J connectivity index is 1.95. The van der Waals surface area contributed by atoms with Crippen LogP contribution in [0.1, 0.15) is 11.1 Å². The van der Waals surface area contributed by atoms with Crippen molar-refractivity contribution >= 4 is 5.69 Å². The van der Waals surface area contributed by atoms with E-state index in [2.05, 4.69) is 60.7 Å². The largest absolute Gasteiger partial charge is 0.398 e. The second-order valence-electron chi connectivity index (χ2n) is 4.94. The van der Waals surface area contributed by atoms with E-state index in [0.29, 0.717) is 0 Å². The van der Waals surface area contributed by atoms with Crippen molar-refractivity contribution in [1.82, 2.24) is 0 Å². The van der Waals surface area contributed by atoms with Gasteiger partial charge in [-0.2, -0.15) is 0 Å². The zero-order valence-corrected chi connectivity index (χ0v) is 11.3. The van der Waals surface area contributed by atoms with Crippen LogP contribution in [0, 0.1) is 0 Å². The molecule has 0 saturated carbocycles. The number of benzene rings is 3. The fourth-order valence-corrected chi connectivity index (χ4v) is 2.38. The molecule has 0 bridgehead atoms. The van der Waals surface area contributed by atoms with Gasteiger partial charge in [-0.25, -0.2) is 0 Å². The summed E-state index contributed by atoms with van der Waals surface area (Å²) in [6, 6.07) is 27.1. The number of hydrogen-bond acceptors (Lipinski definition) is 1. The van der Waals surface area contributed by atoms with Crippen LogP contribution in [0.15, 0.2) is 78.9 Å². The van der Waals surface area contributed by atoms with Crippen LogP contribution in [0.3, 0.4) is 0 Å². The molecule has 0 aliphatic carbocycles. The van der Waals surface area contributed by atoms with Crippen molar-refractivity contribution in [1.29, 1.82) is 0 Å². The third-order valence-corrected chi connectivity index (χ3v) is 3.49. The van der Waals surface area contributed by atoms with Crippen molar-refractivity contribution in [3.8, 4) is 11.1 Å². The summed E-state index contributed by atoms with van der Waals surface area (Å²) in [6.45, 7) is 0. The first-order valence-corrected chi connectivity index (χ1v) is 6.81. The Bertz CT molecular complexity index is 687. The zero-order chi connectivity index (χ0) is 13.8. The Morgan fingerprint density at radius 2 is 1.30 bits per heavy atom. The van der Waals surface area contributed by atoms with Crippen molar-refractivity contribution in [3.63, 3.8) is 0 Å². The molecule has 0 unspecified atom stereocenters. The molecule has 1 nitrogen and oxygen atoms in total. The van der Waals surface area contributed by atoms with Crippen LogP contribution in [0.25, 0.3) is 11.1 Å². The number of rotatable bonds is 3. The van der Waals surface area contributed by atoms with Gasteiger partial charge in [0.05, 0.1) is 0 Å². The average Bonchev–Trinajstić information content (AvgIpc) is 2.51. The SMILES string of the molecule is Nc1ccc(-c2ccccc2)cc1Cc1ccccc1. The second kappa shape index (κ2) is 5.62. The summed E-state index contributed by atoms with van der Waals surface area (Å²) in [7, 11) is 0. The van der Waals surface area contributed by atoms with Gasteiger partial charge in [0, 0.05) is 5.69 Å². The maximum absolute atomic E-state index is 6.12. The van der Waals surface area contributed by atoms with Crippen LogP contribution in [0.5, 0.6) is 0 Å². The fourth-order valence-electron chi connectivity index (χ4n) is 2.38. The molecule has 3 aromatic rings. The molecule has 20 heavy (non-hydrogen) atoms. The molecule has 0 fully saturated rings. The lowest BCUT2D eigenvalue weighted by Crippen LogP contribution is -1.96. The highest BCUT2D eigenvalue weighted by Gasteiger charge is 2.04. The molecule has 0 heterocycles. The van der Waals surface area contributed by atoms with Crippen LogP contribution in [-0.4, -0.2) is 0 Å². The van der Waals surface area contributed by atoms with Gasteiger partial charge < -0.3 is 5.73 Å². The molecule has 3 aromatic carbocycles. The maximum atomic E-state index is 6.12. The van der Waals surface area contributed by atoms with Crippen molar-refractivity contribution in [2.75, 3.05) is 5.73 Å². The normalized spacial score (nSPS) is 10.4. The molecule has 0 aliphatic rings. The highest BCUT2D eigenvalue weighted by Crippen LogP contribution is 2.25. The van der Waals surface area contributed by atoms with E-state index in [0.717, 1.165) is 12.1 Å². The highest BCUT2D eigenvalue weighted by atomic mass is 14.6. The molecule has 98 valence electrons. The van der Waals surface area contributed by atoms with E-state index in [4.69, 9.17) is 5.73 Å². The average molecular weight is 259 g/mol. The van der Waals surface area contributed by atoms with E-state index in [1.54, 1.807) is 0 Å². The summed E-state index contributed by atoms with van der Waals surface area (Å²) in [6.07, 6.45) is 0.868. The first-order valence-electron chi connectivity index (χ1n) is 6.81. The van der Waals surface area contributed by atoms with Crippen molar-refractivity contribution in [3.05, 3.63) is 90.0 Å². The standard InChI is InChI=1S/C19H17N/c20-19-12-11-17(16-9-5-2-6-10-16)14-18(19)13-15-7-3-1-4-8-15/h1-12,14H,13,20H2. The summed E-state index contributed by atoms with van der Waals surface area (Å²) in [5.41, 5.74) is 11.9. The van der Waals surface area contributed by atoms with E-state index >= 15 is 0 Å². The first kappa shape index (κ1) is 12.5. The molecule has 0 spiro atoms. The highest BCUT2D eigenvalue weighted by molar-refractivity contribution is 5.68. The lowest BCUT2D eigenvalue weighted by molar-refractivity contribution is 1.20. The molecule has 0 amide bonds. The quantitative estimate of drug-likeness (QED) is 0.687. The van der Waals surface area contributed by atoms with Gasteiger partial charge in [-0.1, -0.05) is 66.7 Å². The Kier molecular flexibility index (Phi) is 3.51. The number of hydrogen-bond donors (Lipinski definition) is 1. The number of anilines is 1. The molecular formula is C19H17N. The van der Waals surface area contributed by atoms with Gasteiger partial charge in [0.2, 0.25) is 0 Å². The first-order chi connectivity index (χ1) is 9.83. The number of nitrogens with two attached hydrogens (primary N) is 1. The topological polar surface area (TPSA) is 26.0 Å². The third-order valence-electron chi connectivity index (χ3n) is 3.49. The summed E-state index contributed by atoms with van der Waals surface area (Å²) in [5, 5.41) is 0. The van der Waals surface area contributed by atoms with E-state index in [1.165, 1.54) is 22.3 Å². The summed E-state index contributed by atoms with van der Waals surface area (Å²) in [5.74, 6) is 0. The molecular weight excluding hydrogens is 242 g/mol. The minimum absolute atomic E-state index is 0.855. The van der Waals surface area contributed by atoms with E-state index in [9.17, 15) is 0 Å². The maximum Gasteiger partial charge on any atom is 0.0350 e. The monoisotopic (exact) mass is 259 g/mol. The van der Waals surface area contributed by atoms with Gasteiger partial charge in [-0.05, 0) is 40.8 Å². The van der Waals surface area contributed by atoms with E-state index < -0.39 is 0 Å². The van der Waals surface area contributed by atoms with Crippen molar-refractivity contribution in [2.24, 2.45) is 0 Å². The molecule has 0 aliphatic heterocycles. The molecule has 0 aromatic heterocycles. The van der Waals surface area contributed by atoms with Crippen molar-refractivity contribution < 1.29 is 0 Å². The lowest BCUT2D eigenvalue weighted by atomic mass is 9.98. The second-order valence-corrected chi connectivity index (χ2v) is 4.94. The molecule has 0 atom stereocenters. The molecule has 2 N–H and O–H groups in total. The van der Waals surface area contributed by atoms with Crippen LogP contribution in [0.4, 0.5) is 5.69 Å². The van der Waals surface area contributed by atoms with E-state index in [1.807, 2.05) is 18.2 Å². The van der Waals surface area contributed by atoms with Gasteiger partial charge >= 0.3 is 0 Å². The summed E-state index contributed by atoms with van der Waals surface area (Å²) in [4.78, 5) is 0. The van der Waals surface area contributed by atoms with Gasteiger partial charge in [-0.15, -0.1) is 0 Å². The fraction of sp³-hybridized carbons (Fsp3) is 0.0526. The predicted octanol–water partition coefficient (Wildman–Crippen LogP) is 4.53. The van der Waals surface area contributed by atoms with Crippen LogP contribution < -0.4 is 5.73 Å². The molecule has 3 rings (SSSR count). The molecule has 0 saturated heterocycles. The van der Waals surface area contributed by atoms with Gasteiger partial charge in [0.1, 0.15) is 0 Å².